The van der Waals surface area contributed by atoms with Gasteiger partial charge in [0.05, 0.1) is 18.7 Å². The molecule has 6 nitrogen and oxygen atoms in total. The third-order valence-electron chi connectivity index (χ3n) is 5.52. The van der Waals surface area contributed by atoms with Crippen molar-refractivity contribution in [1.82, 2.24) is 10.2 Å². The minimum absolute atomic E-state index is 0.0175. The smallest absolute Gasteiger partial charge is 0.227 e. The van der Waals surface area contributed by atoms with Crippen molar-refractivity contribution >= 4 is 17.5 Å². The number of methoxy groups -OCH3 is 1. The monoisotopic (exact) mass is 373 g/mol. The highest BCUT2D eigenvalue weighted by atomic mass is 16.5. The zero-order valence-electron chi connectivity index (χ0n) is 16.5. The van der Waals surface area contributed by atoms with Gasteiger partial charge in [-0.1, -0.05) is 12.5 Å². The minimum Gasteiger partial charge on any atom is -0.495 e. The molecule has 1 N–H and O–H groups in total. The molecular formula is C21H31N3O3. The van der Waals surface area contributed by atoms with Gasteiger partial charge >= 0.3 is 0 Å². The average molecular weight is 373 g/mol. The summed E-state index contributed by atoms with van der Waals surface area (Å²) in [6.07, 6.45) is 5.13. The molecule has 1 atom stereocenters. The summed E-state index contributed by atoms with van der Waals surface area (Å²) in [6, 6.07) is 5.76. The van der Waals surface area contributed by atoms with Gasteiger partial charge in [-0.3, -0.25) is 9.59 Å². The molecule has 1 unspecified atom stereocenters. The zero-order chi connectivity index (χ0) is 19.2. The molecule has 0 saturated carbocycles. The van der Waals surface area contributed by atoms with Gasteiger partial charge in [-0.25, -0.2) is 0 Å². The number of hydrogen-bond acceptors (Lipinski definition) is 4. The molecule has 2 aliphatic heterocycles. The first-order valence-corrected chi connectivity index (χ1v) is 10.0. The van der Waals surface area contributed by atoms with Gasteiger partial charge in [-0.2, -0.15) is 0 Å². The molecule has 1 aromatic carbocycles. The van der Waals surface area contributed by atoms with E-state index in [2.05, 4.69) is 10.2 Å². The Morgan fingerprint density at radius 2 is 2.04 bits per heavy atom. The zero-order valence-corrected chi connectivity index (χ0v) is 16.5. The van der Waals surface area contributed by atoms with Crippen LogP contribution in [-0.4, -0.2) is 56.5 Å². The molecule has 2 amide bonds. The first-order chi connectivity index (χ1) is 13.1. The van der Waals surface area contributed by atoms with Gasteiger partial charge in [0.2, 0.25) is 11.8 Å². The molecule has 2 saturated heterocycles. The van der Waals surface area contributed by atoms with Crippen LogP contribution in [0.1, 0.15) is 37.7 Å². The van der Waals surface area contributed by atoms with Gasteiger partial charge in [0.1, 0.15) is 5.75 Å². The van der Waals surface area contributed by atoms with Gasteiger partial charge in [0.15, 0.2) is 0 Å². The second-order valence-corrected chi connectivity index (χ2v) is 7.63. The van der Waals surface area contributed by atoms with Crippen molar-refractivity contribution in [2.45, 2.75) is 39.0 Å². The summed E-state index contributed by atoms with van der Waals surface area (Å²) in [4.78, 5) is 29.2. The van der Waals surface area contributed by atoms with Crippen LogP contribution in [0.3, 0.4) is 0 Å². The topological polar surface area (TPSA) is 61.9 Å². The lowest BCUT2D eigenvalue weighted by Gasteiger charge is -2.26. The summed E-state index contributed by atoms with van der Waals surface area (Å²) in [6.45, 7) is 6.47. The van der Waals surface area contributed by atoms with Crippen LogP contribution in [0.15, 0.2) is 18.2 Å². The Morgan fingerprint density at radius 1 is 1.26 bits per heavy atom. The maximum Gasteiger partial charge on any atom is 0.227 e. The van der Waals surface area contributed by atoms with Crippen molar-refractivity contribution in [1.29, 1.82) is 0 Å². The van der Waals surface area contributed by atoms with Crippen molar-refractivity contribution in [3.05, 3.63) is 23.8 Å². The van der Waals surface area contributed by atoms with Crippen LogP contribution < -0.4 is 15.0 Å². The highest BCUT2D eigenvalue weighted by Gasteiger charge is 2.36. The van der Waals surface area contributed by atoms with E-state index in [4.69, 9.17) is 4.74 Å². The number of nitrogens with zero attached hydrogens (tertiary/aromatic N) is 2. The Labute approximate surface area is 161 Å². The fourth-order valence-electron chi connectivity index (χ4n) is 3.97. The summed E-state index contributed by atoms with van der Waals surface area (Å²) in [5, 5.41) is 3.02. The summed E-state index contributed by atoms with van der Waals surface area (Å²) < 4.78 is 5.39. The van der Waals surface area contributed by atoms with Gasteiger partial charge in [-0.05, 0) is 63.5 Å². The van der Waals surface area contributed by atoms with Crippen LogP contribution >= 0.6 is 0 Å². The Kier molecular flexibility index (Phi) is 6.72. The van der Waals surface area contributed by atoms with Crippen LogP contribution in [0.2, 0.25) is 0 Å². The Morgan fingerprint density at radius 3 is 2.78 bits per heavy atom. The van der Waals surface area contributed by atoms with Crippen molar-refractivity contribution in [3.63, 3.8) is 0 Å². The first-order valence-electron chi connectivity index (χ1n) is 10.0. The molecule has 148 valence electrons. The van der Waals surface area contributed by atoms with Gasteiger partial charge in [0, 0.05) is 19.5 Å². The quantitative estimate of drug-likeness (QED) is 0.746. The number of likely N-dealkylation sites (tertiary alicyclic amines) is 1. The Hall–Kier alpha value is -2.08. The molecule has 0 radical (unpaired) electrons. The number of hydrogen-bond donors (Lipinski definition) is 1. The van der Waals surface area contributed by atoms with E-state index >= 15 is 0 Å². The lowest BCUT2D eigenvalue weighted by atomic mass is 10.1. The summed E-state index contributed by atoms with van der Waals surface area (Å²) in [5.74, 6) is 0.331. The van der Waals surface area contributed by atoms with E-state index in [1.165, 1.54) is 32.4 Å². The number of amides is 2. The largest absolute Gasteiger partial charge is 0.495 e. The number of rotatable bonds is 7. The fourth-order valence-corrected chi connectivity index (χ4v) is 3.97. The molecule has 2 heterocycles. The van der Waals surface area contributed by atoms with E-state index in [0.717, 1.165) is 24.2 Å². The van der Waals surface area contributed by atoms with Crippen LogP contribution in [0.4, 0.5) is 5.69 Å². The minimum atomic E-state index is -0.294. The predicted molar refractivity (Wildman–Crippen MR) is 106 cm³/mol. The molecule has 0 bridgehead atoms. The molecule has 27 heavy (non-hydrogen) atoms. The Balaban J connectivity index is 1.49. The SMILES string of the molecule is COc1ccc(C)cc1N1CC(C(=O)NCCCN2CCCCC2)CC1=O. The molecule has 3 rings (SSSR count). The number of anilines is 1. The number of carbonyl (C=O) groups excluding carboxylic acids is 2. The van der Waals surface area contributed by atoms with E-state index in [9.17, 15) is 9.59 Å². The standard InChI is InChI=1S/C21H31N3O3/c1-16-7-8-19(27-2)18(13-16)24-15-17(14-20(24)25)21(26)22-9-6-12-23-10-4-3-5-11-23/h7-8,13,17H,3-6,9-12,14-15H2,1-2H3,(H,22,26). The molecule has 0 aromatic heterocycles. The van der Waals surface area contributed by atoms with Gasteiger partial charge in [0.25, 0.3) is 0 Å². The third-order valence-corrected chi connectivity index (χ3v) is 5.52. The van der Waals surface area contributed by atoms with Crippen molar-refractivity contribution in [2.24, 2.45) is 5.92 Å². The maximum atomic E-state index is 12.5. The molecule has 2 fully saturated rings. The van der Waals surface area contributed by atoms with E-state index in [1.807, 2.05) is 25.1 Å². The maximum absolute atomic E-state index is 12.5. The van der Waals surface area contributed by atoms with Crippen molar-refractivity contribution in [2.75, 3.05) is 44.7 Å². The summed E-state index contributed by atoms with van der Waals surface area (Å²) >= 11 is 0. The highest BCUT2D eigenvalue weighted by Crippen LogP contribution is 2.33. The number of piperidine rings is 1. The molecule has 2 aliphatic rings. The number of benzene rings is 1. The van der Waals surface area contributed by atoms with E-state index in [0.29, 0.717) is 18.8 Å². The lowest BCUT2D eigenvalue weighted by Crippen LogP contribution is -2.36. The van der Waals surface area contributed by atoms with E-state index in [1.54, 1.807) is 12.0 Å². The van der Waals surface area contributed by atoms with E-state index in [-0.39, 0.29) is 24.2 Å². The lowest BCUT2D eigenvalue weighted by molar-refractivity contribution is -0.126. The molecular weight excluding hydrogens is 342 g/mol. The third kappa shape index (κ3) is 5.01. The number of ether oxygens (including phenoxy) is 1. The van der Waals surface area contributed by atoms with Gasteiger partial charge in [-0.15, -0.1) is 0 Å². The molecule has 1 aromatic rings. The molecule has 6 heteroatoms. The molecule has 0 aliphatic carbocycles. The van der Waals surface area contributed by atoms with Crippen LogP contribution in [0.25, 0.3) is 0 Å². The predicted octanol–water partition coefficient (Wildman–Crippen LogP) is 2.35. The number of aryl methyl sites for hydroxylation is 1. The van der Waals surface area contributed by atoms with Crippen molar-refractivity contribution < 1.29 is 14.3 Å². The second-order valence-electron chi connectivity index (χ2n) is 7.63. The first kappa shape index (κ1) is 19.7. The summed E-state index contributed by atoms with van der Waals surface area (Å²) in [5.41, 5.74) is 1.81. The van der Waals surface area contributed by atoms with E-state index < -0.39 is 0 Å². The second kappa shape index (κ2) is 9.22. The highest BCUT2D eigenvalue weighted by molar-refractivity contribution is 6.01. The van der Waals surface area contributed by atoms with Crippen LogP contribution in [-0.2, 0) is 9.59 Å². The van der Waals surface area contributed by atoms with Crippen LogP contribution in [0.5, 0.6) is 5.75 Å². The van der Waals surface area contributed by atoms with Gasteiger partial charge < -0.3 is 19.9 Å². The van der Waals surface area contributed by atoms with Crippen LogP contribution in [0, 0.1) is 12.8 Å². The normalized spacial score (nSPS) is 20.7. The molecule has 0 spiro atoms. The Bertz CT molecular complexity index is 671. The van der Waals surface area contributed by atoms with Crippen molar-refractivity contribution in [3.8, 4) is 5.75 Å². The average Bonchev–Trinajstić information content (AvgIpc) is 3.07. The number of carbonyl (C=O) groups is 2. The number of nitrogens with one attached hydrogen (secondary N) is 1. The summed E-state index contributed by atoms with van der Waals surface area (Å²) in [7, 11) is 1.60. The fraction of sp³-hybridized carbons (Fsp3) is 0.619.